The fourth-order valence-corrected chi connectivity index (χ4v) is 3.11. The quantitative estimate of drug-likeness (QED) is 0.469. The van der Waals surface area contributed by atoms with E-state index in [1.807, 2.05) is 42.8 Å². The number of methoxy groups -OCH3 is 1. The van der Waals surface area contributed by atoms with Gasteiger partial charge in [0.25, 0.3) is 0 Å². The van der Waals surface area contributed by atoms with Crippen molar-refractivity contribution < 1.29 is 14.6 Å². The first-order valence-corrected chi connectivity index (χ1v) is 9.57. The number of aliphatic hydroxyl groups excluding tert-OH is 1. The van der Waals surface area contributed by atoms with Crippen molar-refractivity contribution in [2.24, 2.45) is 12.8 Å². The molecule has 1 aromatic heterocycles. The molecule has 148 valence electrons. The van der Waals surface area contributed by atoms with Gasteiger partial charge in [-0.15, -0.1) is 0 Å². The van der Waals surface area contributed by atoms with Crippen molar-refractivity contribution >= 4 is 5.78 Å². The highest BCUT2D eigenvalue weighted by Crippen LogP contribution is 2.17. The molecule has 2 rings (SSSR count). The number of aliphatic hydroxyl groups is 1. The van der Waals surface area contributed by atoms with E-state index in [0.717, 1.165) is 42.8 Å². The number of carbonyl (C=O) groups excluding carboxylic acids is 1. The molecule has 0 aliphatic rings. The molecule has 3 N–H and O–H groups in total. The molecule has 5 nitrogen and oxygen atoms in total. The molecule has 1 unspecified atom stereocenters. The average molecular weight is 373 g/mol. The third kappa shape index (κ3) is 6.22. The van der Waals surface area contributed by atoms with E-state index in [0.29, 0.717) is 12.8 Å². The van der Waals surface area contributed by atoms with Gasteiger partial charge in [-0.3, -0.25) is 4.79 Å². The number of aromatic nitrogens is 1. The second-order valence-electron chi connectivity index (χ2n) is 7.56. The maximum absolute atomic E-state index is 12.5. The Morgan fingerprint density at radius 1 is 1.15 bits per heavy atom. The first-order valence-electron chi connectivity index (χ1n) is 9.57. The highest BCUT2D eigenvalue weighted by molar-refractivity contribution is 5.94. The summed E-state index contributed by atoms with van der Waals surface area (Å²) in [6.07, 6.45) is 4.80. The number of rotatable bonds is 11. The van der Waals surface area contributed by atoms with Gasteiger partial charge in [-0.1, -0.05) is 12.1 Å². The van der Waals surface area contributed by atoms with Crippen LogP contribution < -0.4 is 10.5 Å². The van der Waals surface area contributed by atoms with E-state index in [1.165, 1.54) is 5.56 Å². The number of aryl methyl sites for hydroxylation is 2. The van der Waals surface area contributed by atoms with Gasteiger partial charge in [-0.05, 0) is 68.9 Å². The van der Waals surface area contributed by atoms with Crippen molar-refractivity contribution in [1.82, 2.24) is 4.57 Å². The topological polar surface area (TPSA) is 77.5 Å². The summed E-state index contributed by atoms with van der Waals surface area (Å²) in [4.78, 5) is 12.5. The lowest BCUT2D eigenvalue weighted by Gasteiger charge is -2.21. The second-order valence-corrected chi connectivity index (χ2v) is 7.56. The summed E-state index contributed by atoms with van der Waals surface area (Å²) >= 11 is 0. The van der Waals surface area contributed by atoms with Gasteiger partial charge in [0.15, 0.2) is 5.78 Å². The van der Waals surface area contributed by atoms with Crippen LogP contribution in [0.3, 0.4) is 0 Å². The molecule has 2 aromatic rings. The normalized spacial score (nSPS) is 13.4. The van der Waals surface area contributed by atoms with Gasteiger partial charge in [0.05, 0.1) is 19.4 Å². The highest BCUT2D eigenvalue weighted by Gasteiger charge is 2.19. The smallest absolute Gasteiger partial charge is 0.179 e. The number of hydrogen-bond donors (Lipinski definition) is 2. The van der Waals surface area contributed by atoms with Crippen molar-refractivity contribution in [3.63, 3.8) is 0 Å². The van der Waals surface area contributed by atoms with Crippen molar-refractivity contribution in [2.45, 2.75) is 51.0 Å². The van der Waals surface area contributed by atoms with E-state index in [9.17, 15) is 9.90 Å². The van der Waals surface area contributed by atoms with E-state index in [4.69, 9.17) is 10.5 Å². The van der Waals surface area contributed by atoms with Crippen molar-refractivity contribution in [1.29, 1.82) is 0 Å². The number of carbonyl (C=O) groups is 1. The zero-order valence-electron chi connectivity index (χ0n) is 16.7. The van der Waals surface area contributed by atoms with Crippen LogP contribution in [0.4, 0.5) is 0 Å². The number of ketones is 1. The molecule has 0 aliphatic carbocycles. The molecule has 0 saturated carbocycles. The average Bonchev–Trinajstić information content (AvgIpc) is 3.04. The molecule has 0 bridgehead atoms. The first-order chi connectivity index (χ1) is 12.9. The molecule has 0 spiro atoms. The molecule has 1 aromatic carbocycles. The van der Waals surface area contributed by atoms with E-state index in [1.54, 1.807) is 7.11 Å². The summed E-state index contributed by atoms with van der Waals surface area (Å²) in [5.74, 6) is 1.04. The van der Waals surface area contributed by atoms with Crippen LogP contribution in [-0.2, 0) is 19.9 Å². The lowest BCUT2D eigenvalue weighted by molar-refractivity contribution is 0.0971. The maximum Gasteiger partial charge on any atom is 0.179 e. The minimum absolute atomic E-state index is 0.0442. The van der Waals surface area contributed by atoms with Crippen LogP contribution in [0.2, 0.25) is 0 Å². The van der Waals surface area contributed by atoms with E-state index >= 15 is 0 Å². The summed E-state index contributed by atoms with van der Waals surface area (Å²) in [5, 5.41) is 9.27. The molecule has 1 atom stereocenters. The Balaban J connectivity index is 1.80. The third-order valence-electron chi connectivity index (χ3n) is 5.10. The van der Waals surface area contributed by atoms with Gasteiger partial charge in [0.1, 0.15) is 5.75 Å². The molecule has 0 amide bonds. The molecule has 27 heavy (non-hydrogen) atoms. The van der Waals surface area contributed by atoms with Crippen LogP contribution in [0.1, 0.15) is 54.4 Å². The molecule has 0 fully saturated rings. The number of nitrogens with zero attached hydrogens (tertiary/aromatic N) is 1. The van der Waals surface area contributed by atoms with Crippen LogP contribution in [-0.4, -0.2) is 34.7 Å². The summed E-state index contributed by atoms with van der Waals surface area (Å²) in [5.41, 5.74) is 8.49. The van der Waals surface area contributed by atoms with Crippen LogP contribution >= 0.6 is 0 Å². The first kappa shape index (κ1) is 21.2. The van der Waals surface area contributed by atoms with Crippen molar-refractivity contribution in [3.05, 3.63) is 53.3 Å². The van der Waals surface area contributed by atoms with Crippen LogP contribution in [0.5, 0.6) is 5.75 Å². The van der Waals surface area contributed by atoms with Gasteiger partial charge in [-0.2, -0.15) is 0 Å². The Morgan fingerprint density at radius 3 is 2.48 bits per heavy atom. The predicted octanol–water partition coefficient (Wildman–Crippen LogP) is 3.27. The van der Waals surface area contributed by atoms with E-state index < -0.39 is 5.54 Å². The molecular weight excluding hydrogens is 340 g/mol. The lowest BCUT2D eigenvalue weighted by atomic mass is 9.97. The van der Waals surface area contributed by atoms with Gasteiger partial charge in [0.2, 0.25) is 0 Å². The minimum Gasteiger partial charge on any atom is -0.497 e. The molecule has 0 saturated heterocycles. The van der Waals surface area contributed by atoms with Crippen LogP contribution in [0, 0.1) is 0 Å². The number of hydrogen-bond acceptors (Lipinski definition) is 4. The molecule has 5 heteroatoms. The fraction of sp³-hybridized carbons (Fsp3) is 0.500. The Labute approximate surface area is 162 Å². The third-order valence-corrected chi connectivity index (χ3v) is 5.10. The van der Waals surface area contributed by atoms with Crippen molar-refractivity contribution in [3.8, 4) is 5.75 Å². The Hall–Kier alpha value is -2.11. The van der Waals surface area contributed by atoms with Gasteiger partial charge < -0.3 is 20.1 Å². The SMILES string of the molecule is COc1ccc(CCCCC(=O)c2ccc(CCC(C)(N)CO)n2C)cc1. The fourth-order valence-electron chi connectivity index (χ4n) is 3.11. The minimum atomic E-state index is -0.587. The highest BCUT2D eigenvalue weighted by atomic mass is 16.5. The standard InChI is InChI=1S/C22H32N2O3/c1-22(23,16-25)15-14-18-10-13-20(24(18)2)21(26)7-5-4-6-17-8-11-19(27-3)12-9-17/h8-13,25H,4-7,14-16,23H2,1-3H3. The van der Waals surface area contributed by atoms with Gasteiger partial charge in [-0.25, -0.2) is 0 Å². The summed E-state index contributed by atoms with van der Waals surface area (Å²) in [6.45, 7) is 1.79. The Kier molecular flexibility index (Phi) is 7.63. The molecular formula is C22H32N2O3. The van der Waals surface area contributed by atoms with Gasteiger partial charge >= 0.3 is 0 Å². The van der Waals surface area contributed by atoms with E-state index in [2.05, 4.69) is 12.1 Å². The Bertz CT molecular complexity index is 733. The van der Waals surface area contributed by atoms with Crippen molar-refractivity contribution in [2.75, 3.05) is 13.7 Å². The number of unbranched alkanes of at least 4 members (excludes halogenated alkanes) is 1. The maximum atomic E-state index is 12.5. The van der Waals surface area contributed by atoms with Crippen LogP contribution in [0.25, 0.3) is 0 Å². The second kappa shape index (κ2) is 9.72. The van der Waals surface area contributed by atoms with E-state index in [-0.39, 0.29) is 12.4 Å². The lowest BCUT2D eigenvalue weighted by Crippen LogP contribution is -2.40. The number of nitrogens with two attached hydrogens (primary N) is 1. The summed E-state index contributed by atoms with van der Waals surface area (Å²) in [7, 11) is 3.59. The van der Waals surface area contributed by atoms with Gasteiger partial charge in [0, 0.05) is 24.7 Å². The molecule has 0 radical (unpaired) electrons. The number of ether oxygens (including phenoxy) is 1. The van der Waals surface area contributed by atoms with Crippen LogP contribution in [0.15, 0.2) is 36.4 Å². The number of benzene rings is 1. The predicted molar refractivity (Wildman–Crippen MR) is 108 cm³/mol. The summed E-state index contributed by atoms with van der Waals surface area (Å²) < 4.78 is 7.12. The monoisotopic (exact) mass is 372 g/mol. The number of Topliss-reactive ketones (excluding diaryl/α,β-unsaturated/α-hetero) is 1. The molecule has 0 aliphatic heterocycles. The zero-order valence-corrected chi connectivity index (χ0v) is 16.7. The molecule has 1 heterocycles. The summed E-state index contributed by atoms with van der Waals surface area (Å²) in [6, 6.07) is 12.0. The Morgan fingerprint density at radius 2 is 1.85 bits per heavy atom. The largest absolute Gasteiger partial charge is 0.497 e. The zero-order chi connectivity index (χ0) is 19.9.